The molecule has 0 atom stereocenters. The summed E-state index contributed by atoms with van der Waals surface area (Å²) < 4.78 is 0. The Balaban J connectivity index is 1.85. The van der Waals surface area contributed by atoms with E-state index in [9.17, 15) is 14.4 Å². The van der Waals surface area contributed by atoms with Crippen LogP contribution in [0.15, 0.2) is 48.5 Å². The molecule has 0 aliphatic rings. The van der Waals surface area contributed by atoms with Gasteiger partial charge in [0, 0.05) is 41.3 Å². The monoisotopic (exact) mass is 373 g/mol. The molecule has 0 heterocycles. The number of nitrogens with one attached hydrogen (secondary N) is 3. The first kappa shape index (κ1) is 19.5. The summed E-state index contributed by atoms with van der Waals surface area (Å²) in [6.45, 7) is 2.49. The second-order valence-corrected chi connectivity index (χ2v) is 5.93. The molecule has 2 aromatic carbocycles. The molecular weight excluding hydrogens is 354 g/mol. The topological polar surface area (TPSA) is 87.3 Å². The summed E-state index contributed by atoms with van der Waals surface area (Å²) in [4.78, 5) is 35.3. The number of anilines is 1. The lowest BCUT2D eigenvalue weighted by Gasteiger charge is -2.08. The predicted molar refractivity (Wildman–Crippen MR) is 101 cm³/mol. The minimum Gasteiger partial charge on any atom is -0.354 e. The Bertz CT molecular complexity index is 774. The number of hydrogen-bond donors (Lipinski definition) is 3. The molecule has 0 fully saturated rings. The van der Waals surface area contributed by atoms with Gasteiger partial charge in [-0.3, -0.25) is 14.4 Å². The zero-order valence-corrected chi connectivity index (χ0v) is 15.1. The summed E-state index contributed by atoms with van der Waals surface area (Å²) in [5.74, 6) is -0.558. The molecule has 2 aromatic rings. The Morgan fingerprint density at radius 3 is 1.96 bits per heavy atom. The smallest absolute Gasteiger partial charge is 0.255 e. The van der Waals surface area contributed by atoms with Crippen LogP contribution in [0.4, 0.5) is 5.69 Å². The summed E-state index contributed by atoms with van der Waals surface area (Å²) in [7, 11) is 0. The third-order valence-corrected chi connectivity index (χ3v) is 3.82. The zero-order chi connectivity index (χ0) is 18.9. The highest BCUT2D eigenvalue weighted by atomic mass is 35.5. The summed E-state index contributed by atoms with van der Waals surface area (Å²) in [6, 6.07) is 13.1. The lowest BCUT2D eigenvalue weighted by Crippen LogP contribution is -2.34. The third-order valence-electron chi connectivity index (χ3n) is 3.57. The molecule has 2 rings (SSSR count). The van der Waals surface area contributed by atoms with Crippen molar-refractivity contribution in [3.8, 4) is 0 Å². The molecule has 0 bridgehead atoms. The van der Waals surface area contributed by atoms with Gasteiger partial charge in [-0.1, -0.05) is 18.5 Å². The van der Waals surface area contributed by atoms with Crippen LogP contribution in [0.25, 0.3) is 0 Å². The number of amides is 3. The van der Waals surface area contributed by atoms with Gasteiger partial charge in [0.1, 0.15) is 0 Å². The van der Waals surface area contributed by atoms with Crippen molar-refractivity contribution in [2.24, 2.45) is 0 Å². The van der Waals surface area contributed by atoms with Gasteiger partial charge in [0.2, 0.25) is 5.91 Å². The average molecular weight is 374 g/mol. The maximum absolute atomic E-state index is 12.1. The molecule has 0 aliphatic carbocycles. The van der Waals surface area contributed by atoms with E-state index in [0.717, 1.165) is 0 Å². The summed E-state index contributed by atoms with van der Waals surface area (Å²) in [5.41, 5.74) is 1.54. The minimum atomic E-state index is -0.259. The second-order valence-electron chi connectivity index (χ2n) is 5.50. The van der Waals surface area contributed by atoms with Crippen molar-refractivity contribution in [3.63, 3.8) is 0 Å². The number of rotatable bonds is 7. The molecule has 0 radical (unpaired) electrons. The van der Waals surface area contributed by atoms with E-state index in [1.165, 1.54) is 0 Å². The highest BCUT2D eigenvalue weighted by Crippen LogP contribution is 2.13. The molecule has 26 heavy (non-hydrogen) atoms. The van der Waals surface area contributed by atoms with Crippen molar-refractivity contribution in [2.75, 3.05) is 18.4 Å². The van der Waals surface area contributed by atoms with Gasteiger partial charge in [0.05, 0.1) is 0 Å². The Hall–Kier alpha value is -2.86. The largest absolute Gasteiger partial charge is 0.354 e. The summed E-state index contributed by atoms with van der Waals surface area (Å²) >= 11 is 5.80. The third kappa shape index (κ3) is 5.89. The van der Waals surface area contributed by atoms with E-state index in [1.54, 1.807) is 55.5 Å². The van der Waals surface area contributed by atoms with Crippen LogP contribution in [0.2, 0.25) is 5.02 Å². The second kappa shape index (κ2) is 9.58. The van der Waals surface area contributed by atoms with Gasteiger partial charge in [-0.2, -0.15) is 0 Å². The SMILES string of the molecule is CCC(=O)NCCNC(=O)c1ccc(NC(=O)c2ccc(Cl)cc2)cc1. The quantitative estimate of drug-likeness (QED) is 0.652. The van der Waals surface area contributed by atoms with E-state index in [2.05, 4.69) is 16.0 Å². The molecule has 136 valence electrons. The first-order valence-corrected chi connectivity index (χ1v) is 8.59. The van der Waals surface area contributed by atoms with Gasteiger partial charge in [0.15, 0.2) is 0 Å². The fourth-order valence-electron chi connectivity index (χ4n) is 2.11. The maximum Gasteiger partial charge on any atom is 0.255 e. The lowest BCUT2D eigenvalue weighted by molar-refractivity contribution is -0.120. The first-order valence-electron chi connectivity index (χ1n) is 8.21. The average Bonchev–Trinajstić information content (AvgIpc) is 2.65. The van der Waals surface area contributed by atoms with Crippen molar-refractivity contribution < 1.29 is 14.4 Å². The molecule has 0 aliphatic heterocycles. The Labute approximate surface area is 156 Å². The van der Waals surface area contributed by atoms with Gasteiger partial charge in [-0.25, -0.2) is 0 Å². The van der Waals surface area contributed by atoms with Crippen LogP contribution in [0.5, 0.6) is 0 Å². The van der Waals surface area contributed by atoms with Crippen molar-refractivity contribution in [1.29, 1.82) is 0 Å². The number of carbonyl (C=O) groups is 3. The van der Waals surface area contributed by atoms with Crippen LogP contribution in [0.3, 0.4) is 0 Å². The van der Waals surface area contributed by atoms with Gasteiger partial charge in [-0.15, -0.1) is 0 Å². The molecule has 0 spiro atoms. The van der Waals surface area contributed by atoms with E-state index in [0.29, 0.717) is 41.3 Å². The van der Waals surface area contributed by atoms with Crippen LogP contribution >= 0.6 is 11.6 Å². The molecule has 3 amide bonds. The number of hydrogen-bond acceptors (Lipinski definition) is 3. The molecule has 3 N–H and O–H groups in total. The number of halogens is 1. The van der Waals surface area contributed by atoms with E-state index in [-0.39, 0.29) is 17.7 Å². The highest BCUT2D eigenvalue weighted by molar-refractivity contribution is 6.30. The zero-order valence-electron chi connectivity index (χ0n) is 14.3. The van der Waals surface area contributed by atoms with E-state index in [1.807, 2.05) is 0 Å². The van der Waals surface area contributed by atoms with Gasteiger partial charge >= 0.3 is 0 Å². The molecule has 6 nitrogen and oxygen atoms in total. The summed E-state index contributed by atoms with van der Waals surface area (Å²) in [5, 5.41) is 8.71. The Kier molecular flexibility index (Phi) is 7.17. The van der Waals surface area contributed by atoms with Crippen molar-refractivity contribution in [3.05, 3.63) is 64.7 Å². The molecule has 0 saturated heterocycles. The van der Waals surface area contributed by atoms with Crippen molar-refractivity contribution >= 4 is 35.0 Å². The van der Waals surface area contributed by atoms with Crippen LogP contribution < -0.4 is 16.0 Å². The molecule has 0 aromatic heterocycles. The summed E-state index contributed by atoms with van der Waals surface area (Å²) in [6.07, 6.45) is 0.414. The number of benzene rings is 2. The highest BCUT2D eigenvalue weighted by Gasteiger charge is 2.08. The molecule has 0 unspecified atom stereocenters. The van der Waals surface area contributed by atoms with Crippen LogP contribution in [-0.4, -0.2) is 30.8 Å². The fourth-order valence-corrected chi connectivity index (χ4v) is 2.24. The number of carbonyl (C=O) groups excluding carboxylic acids is 3. The van der Waals surface area contributed by atoms with Crippen LogP contribution in [0.1, 0.15) is 34.1 Å². The van der Waals surface area contributed by atoms with E-state index >= 15 is 0 Å². The van der Waals surface area contributed by atoms with Crippen LogP contribution in [0, 0.1) is 0 Å². The minimum absolute atomic E-state index is 0.0555. The van der Waals surface area contributed by atoms with Crippen molar-refractivity contribution in [1.82, 2.24) is 10.6 Å². The van der Waals surface area contributed by atoms with E-state index < -0.39 is 0 Å². The Morgan fingerprint density at radius 1 is 0.808 bits per heavy atom. The van der Waals surface area contributed by atoms with Gasteiger partial charge in [0.25, 0.3) is 11.8 Å². The molecule has 0 saturated carbocycles. The fraction of sp³-hybridized carbons (Fsp3) is 0.211. The van der Waals surface area contributed by atoms with Gasteiger partial charge < -0.3 is 16.0 Å². The normalized spacial score (nSPS) is 10.1. The first-order chi connectivity index (χ1) is 12.5. The standard InChI is InChI=1S/C19H20ClN3O3/c1-2-17(24)21-11-12-22-18(25)13-5-9-16(10-6-13)23-19(26)14-3-7-15(20)8-4-14/h3-10H,2,11-12H2,1H3,(H,21,24)(H,22,25)(H,23,26). The lowest BCUT2D eigenvalue weighted by atomic mass is 10.1. The molecule has 7 heteroatoms. The van der Waals surface area contributed by atoms with Crippen LogP contribution in [-0.2, 0) is 4.79 Å². The maximum atomic E-state index is 12.1. The van der Waals surface area contributed by atoms with Gasteiger partial charge in [-0.05, 0) is 48.5 Å². The predicted octanol–water partition coefficient (Wildman–Crippen LogP) is 2.85. The molecular formula is C19H20ClN3O3. The Morgan fingerprint density at radius 2 is 1.35 bits per heavy atom. The van der Waals surface area contributed by atoms with E-state index in [4.69, 9.17) is 11.6 Å². The van der Waals surface area contributed by atoms with Crippen molar-refractivity contribution in [2.45, 2.75) is 13.3 Å².